The van der Waals surface area contributed by atoms with Crippen molar-refractivity contribution in [1.82, 2.24) is 0 Å². The fraction of sp³-hybridized carbons (Fsp3) is 0.273. The maximum Gasteiger partial charge on any atom is 0.343 e. The van der Waals surface area contributed by atoms with Crippen molar-refractivity contribution < 1.29 is 23.8 Å². The molecule has 0 aliphatic rings. The van der Waals surface area contributed by atoms with Crippen molar-refractivity contribution in [2.45, 2.75) is 20.3 Å². The van der Waals surface area contributed by atoms with Gasteiger partial charge in [0.15, 0.2) is 0 Å². The second-order valence-corrected chi connectivity index (χ2v) is 6.15. The van der Waals surface area contributed by atoms with Crippen LogP contribution in [0, 0.1) is 5.92 Å². The number of rotatable bonds is 9. The summed E-state index contributed by atoms with van der Waals surface area (Å²) in [7, 11) is 0. The highest BCUT2D eigenvalue weighted by atomic mass is 16.5. The van der Waals surface area contributed by atoms with Crippen LogP contribution in [0.1, 0.15) is 41.0 Å². The Morgan fingerprint density at radius 1 is 0.963 bits per heavy atom. The van der Waals surface area contributed by atoms with Crippen molar-refractivity contribution in [3.05, 3.63) is 72.3 Å². The fourth-order valence-corrected chi connectivity index (χ4v) is 2.09. The molecule has 2 rings (SSSR count). The molecule has 0 saturated carbocycles. The molecule has 0 fully saturated rings. The minimum Gasteiger partial charge on any atom is -0.490 e. The van der Waals surface area contributed by atoms with Crippen LogP contribution in [0.25, 0.3) is 0 Å². The van der Waals surface area contributed by atoms with Gasteiger partial charge >= 0.3 is 11.9 Å². The van der Waals surface area contributed by atoms with E-state index in [0.29, 0.717) is 41.8 Å². The molecule has 0 unspecified atom stereocenters. The van der Waals surface area contributed by atoms with Crippen LogP contribution in [0.2, 0.25) is 0 Å². The van der Waals surface area contributed by atoms with Gasteiger partial charge in [-0.05, 0) is 54.4 Å². The van der Waals surface area contributed by atoms with Crippen molar-refractivity contribution in [3.8, 4) is 11.5 Å². The summed E-state index contributed by atoms with van der Waals surface area (Å²) >= 11 is 0. The standard InChI is InChI=1S/C22H24O5/c1-4-14-25-19-10-6-18(7-11-19)22(24)27-20-12-8-17(9-13-20)21(23)26-15-16(3)5-2/h4,6-13,16H,1,5,14-15H2,2-3H3/t16-/m0/s1. The lowest BCUT2D eigenvalue weighted by Gasteiger charge is -2.10. The summed E-state index contributed by atoms with van der Waals surface area (Å²) in [4.78, 5) is 24.2. The van der Waals surface area contributed by atoms with E-state index in [2.05, 4.69) is 6.58 Å². The van der Waals surface area contributed by atoms with Crippen LogP contribution in [0.4, 0.5) is 0 Å². The highest BCUT2D eigenvalue weighted by Crippen LogP contribution is 2.17. The highest BCUT2D eigenvalue weighted by molar-refractivity contribution is 5.92. The summed E-state index contributed by atoms with van der Waals surface area (Å²) in [5.41, 5.74) is 0.819. The van der Waals surface area contributed by atoms with Gasteiger partial charge in [0, 0.05) is 0 Å². The maximum atomic E-state index is 12.2. The summed E-state index contributed by atoms with van der Waals surface area (Å²) in [6.07, 6.45) is 2.59. The van der Waals surface area contributed by atoms with Crippen LogP contribution in [0.5, 0.6) is 11.5 Å². The molecule has 0 aliphatic heterocycles. The van der Waals surface area contributed by atoms with Crippen LogP contribution in [-0.2, 0) is 4.74 Å². The van der Waals surface area contributed by atoms with E-state index in [4.69, 9.17) is 14.2 Å². The van der Waals surface area contributed by atoms with Crippen LogP contribution in [0.15, 0.2) is 61.2 Å². The average molecular weight is 368 g/mol. The second-order valence-electron chi connectivity index (χ2n) is 6.15. The van der Waals surface area contributed by atoms with Gasteiger partial charge < -0.3 is 14.2 Å². The van der Waals surface area contributed by atoms with E-state index in [9.17, 15) is 9.59 Å². The molecule has 0 saturated heterocycles. The Labute approximate surface area is 159 Å². The summed E-state index contributed by atoms with van der Waals surface area (Å²) in [6.45, 7) is 8.43. The van der Waals surface area contributed by atoms with Crippen molar-refractivity contribution in [2.75, 3.05) is 13.2 Å². The van der Waals surface area contributed by atoms with Gasteiger partial charge in [-0.2, -0.15) is 0 Å². The normalized spacial score (nSPS) is 11.3. The highest BCUT2D eigenvalue weighted by Gasteiger charge is 2.12. The maximum absolute atomic E-state index is 12.2. The lowest BCUT2D eigenvalue weighted by molar-refractivity contribution is 0.0447. The fourth-order valence-electron chi connectivity index (χ4n) is 2.09. The van der Waals surface area contributed by atoms with Gasteiger partial charge in [0.05, 0.1) is 17.7 Å². The van der Waals surface area contributed by atoms with Gasteiger partial charge in [0.1, 0.15) is 18.1 Å². The third-order valence-electron chi connectivity index (χ3n) is 3.95. The minimum atomic E-state index is -0.489. The average Bonchev–Trinajstić information content (AvgIpc) is 2.71. The largest absolute Gasteiger partial charge is 0.490 e. The smallest absolute Gasteiger partial charge is 0.343 e. The van der Waals surface area contributed by atoms with E-state index in [1.807, 2.05) is 13.8 Å². The second kappa shape index (κ2) is 10.2. The number of esters is 2. The zero-order chi connectivity index (χ0) is 19.6. The van der Waals surface area contributed by atoms with E-state index in [0.717, 1.165) is 6.42 Å². The van der Waals surface area contributed by atoms with E-state index in [1.54, 1.807) is 54.6 Å². The summed E-state index contributed by atoms with van der Waals surface area (Å²) in [6, 6.07) is 12.9. The third-order valence-corrected chi connectivity index (χ3v) is 3.95. The summed E-state index contributed by atoms with van der Waals surface area (Å²) in [5, 5.41) is 0. The molecule has 0 amide bonds. The molecule has 0 N–H and O–H groups in total. The molecular weight excluding hydrogens is 344 g/mol. The summed E-state index contributed by atoms with van der Waals surface area (Å²) < 4.78 is 15.9. The topological polar surface area (TPSA) is 61.8 Å². The van der Waals surface area contributed by atoms with Gasteiger partial charge in [-0.15, -0.1) is 0 Å². The first kappa shape index (κ1) is 20.2. The predicted octanol–water partition coefficient (Wildman–Crippen LogP) is 4.67. The zero-order valence-corrected chi connectivity index (χ0v) is 15.6. The van der Waals surface area contributed by atoms with Crippen LogP contribution >= 0.6 is 0 Å². The van der Waals surface area contributed by atoms with E-state index < -0.39 is 5.97 Å². The molecule has 0 spiro atoms. The zero-order valence-electron chi connectivity index (χ0n) is 15.6. The quantitative estimate of drug-likeness (QED) is 0.365. The Morgan fingerprint density at radius 2 is 1.52 bits per heavy atom. The first-order chi connectivity index (χ1) is 13.0. The Kier molecular flexibility index (Phi) is 7.62. The summed E-state index contributed by atoms with van der Waals surface area (Å²) in [5.74, 6) is 0.445. The Morgan fingerprint density at radius 3 is 2.07 bits per heavy atom. The van der Waals surface area contributed by atoms with E-state index >= 15 is 0 Å². The van der Waals surface area contributed by atoms with Crippen molar-refractivity contribution in [3.63, 3.8) is 0 Å². The first-order valence-corrected chi connectivity index (χ1v) is 8.86. The molecule has 5 heteroatoms. The van der Waals surface area contributed by atoms with Gasteiger partial charge in [0.2, 0.25) is 0 Å². The Hall–Kier alpha value is -3.08. The van der Waals surface area contributed by atoms with Gasteiger partial charge in [-0.3, -0.25) is 0 Å². The Balaban J connectivity index is 1.92. The minimum absolute atomic E-state index is 0.322. The van der Waals surface area contributed by atoms with Crippen LogP contribution in [-0.4, -0.2) is 25.2 Å². The molecule has 0 aromatic heterocycles. The van der Waals surface area contributed by atoms with Gasteiger partial charge in [-0.25, -0.2) is 9.59 Å². The number of carbonyl (C=O) groups is 2. The van der Waals surface area contributed by atoms with Crippen molar-refractivity contribution in [1.29, 1.82) is 0 Å². The van der Waals surface area contributed by atoms with E-state index in [1.165, 1.54) is 0 Å². The molecule has 27 heavy (non-hydrogen) atoms. The molecule has 2 aromatic rings. The molecular formula is C22H24O5. The van der Waals surface area contributed by atoms with Crippen LogP contribution < -0.4 is 9.47 Å². The van der Waals surface area contributed by atoms with Crippen molar-refractivity contribution >= 4 is 11.9 Å². The van der Waals surface area contributed by atoms with Gasteiger partial charge in [0.25, 0.3) is 0 Å². The third kappa shape index (κ3) is 6.29. The predicted molar refractivity (Wildman–Crippen MR) is 103 cm³/mol. The van der Waals surface area contributed by atoms with Crippen molar-refractivity contribution in [2.24, 2.45) is 5.92 Å². The number of hydrogen-bond acceptors (Lipinski definition) is 5. The monoisotopic (exact) mass is 368 g/mol. The molecule has 1 atom stereocenters. The van der Waals surface area contributed by atoms with Crippen LogP contribution in [0.3, 0.4) is 0 Å². The number of benzene rings is 2. The molecule has 0 bridgehead atoms. The SMILES string of the molecule is C=CCOc1ccc(C(=O)Oc2ccc(C(=O)OC[C@@H](C)CC)cc2)cc1. The lowest BCUT2D eigenvalue weighted by Crippen LogP contribution is -2.12. The molecule has 0 aliphatic carbocycles. The number of carbonyl (C=O) groups excluding carboxylic acids is 2. The molecule has 0 heterocycles. The molecule has 5 nitrogen and oxygen atoms in total. The molecule has 2 aromatic carbocycles. The number of hydrogen-bond donors (Lipinski definition) is 0. The van der Waals surface area contributed by atoms with E-state index in [-0.39, 0.29) is 5.97 Å². The van der Waals surface area contributed by atoms with Gasteiger partial charge in [-0.1, -0.05) is 32.9 Å². The molecule has 0 radical (unpaired) electrons. The molecule has 142 valence electrons. The Bertz CT molecular complexity index is 762. The first-order valence-electron chi connectivity index (χ1n) is 8.86. The number of ether oxygens (including phenoxy) is 3. The lowest BCUT2D eigenvalue weighted by atomic mass is 10.1.